The predicted octanol–water partition coefficient (Wildman–Crippen LogP) is 4.79. The molecule has 5 heteroatoms. The third kappa shape index (κ3) is 3.87. The van der Waals surface area contributed by atoms with E-state index < -0.39 is 0 Å². The normalized spacial score (nSPS) is 10.6. The summed E-state index contributed by atoms with van der Waals surface area (Å²) < 4.78 is 0. The van der Waals surface area contributed by atoms with Crippen molar-refractivity contribution in [1.82, 2.24) is 9.97 Å². The molecule has 0 aliphatic heterocycles. The van der Waals surface area contributed by atoms with E-state index in [1.165, 1.54) is 11.8 Å². The van der Waals surface area contributed by atoms with Crippen LogP contribution in [-0.4, -0.2) is 22.8 Å². The minimum atomic E-state index is 0.483. The largest absolute Gasteiger partial charge is 0.326 e. The van der Waals surface area contributed by atoms with Gasteiger partial charge in [0.2, 0.25) is 0 Å². The number of rotatable bonds is 6. The lowest BCUT2D eigenvalue weighted by Gasteiger charge is -2.24. The van der Waals surface area contributed by atoms with E-state index in [4.69, 9.17) is 11.6 Å². The van der Waals surface area contributed by atoms with Gasteiger partial charge in [0.1, 0.15) is 11.0 Å². The van der Waals surface area contributed by atoms with Crippen molar-refractivity contribution in [2.75, 3.05) is 17.7 Å². The SMILES string of the molecule is CCCCN(c1ccccc1)c1cc(Cl)nc(SC)n1. The van der Waals surface area contributed by atoms with E-state index in [9.17, 15) is 0 Å². The summed E-state index contributed by atoms with van der Waals surface area (Å²) in [5, 5.41) is 1.18. The molecule has 0 amide bonds. The maximum absolute atomic E-state index is 6.10. The van der Waals surface area contributed by atoms with E-state index >= 15 is 0 Å². The van der Waals surface area contributed by atoms with Gasteiger partial charge < -0.3 is 4.90 Å². The molecule has 0 aliphatic carbocycles. The van der Waals surface area contributed by atoms with Gasteiger partial charge in [0, 0.05) is 18.3 Å². The number of anilines is 2. The number of aromatic nitrogens is 2. The quantitative estimate of drug-likeness (QED) is 0.436. The topological polar surface area (TPSA) is 29.0 Å². The summed E-state index contributed by atoms with van der Waals surface area (Å²) in [6.07, 6.45) is 4.19. The highest BCUT2D eigenvalue weighted by atomic mass is 35.5. The number of thioether (sulfide) groups is 1. The van der Waals surface area contributed by atoms with Crippen LogP contribution in [0.5, 0.6) is 0 Å². The van der Waals surface area contributed by atoms with E-state index in [1.54, 1.807) is 0 Å². The second-order valence-electron chi connectivity index (χ2n) is 4.38. The Morgan fingerprint density at radius 2 is 1.95 bits per heavy atom. The van der Waals surface area contributed by atoms with Crippen LogP contribution in [0.3, 0.4) is 0 Å². The van der Waals surface area contributed by atoms with Gasteiger partial charge in [-0.2, -0.15) is 0 Å². The van der Waals surface area contributed by atoms with Gasteiger partial charge in [-0.1, -0.05) is 54.9 Å². The van der Waals surface area contributed by atoms with Gasteiger partial charge >= 0.3 is 0 Å². The van der Waals surface area contributed by atoms with Crippen molar-refractivity contribution in [3.63, 3.8) is 0 Å². The molecule has 0 N–H and O–H groups in total. The summed E-state index contributed by atoms with van der Waals surface area (Å²) in [6.45, 7) is 3.10. The summed E-state index contributed by atoms with van der Waals surface area (Å²) in [4.78, 5) is 11.0. The Morgan fingerprint density at radius 1 is 1.20 bits per heavy atom. The molecule has 0 atom stereocenters. The molecule has 2 rings (SSSR count). The molecular formula is C15H18ClN3S. The zero-order chi connectivity index (χ0) is 14.4. The van der Waals surface area contributed by atoms with Crippen LogP contribution in [0.15, 0.2) is 41.6 Å². The number of hydrogen-bond donors (Lipinski definition) is 0. The van der Waals surface area contributed by atoms with E-state index in [-0.39, 0.29) is 0 Å². The van der Waals surface area contributed by atoms with Crippen molar-refractivity contribution >= 4 is 34.9 Å². The van der Waals surface area contributed by atoms with Gasteiger partial charge in [0.15, 0.2) is 5.16 Å². The van der Waals surface area contributed by atoms with E-state index in [2.05, 4.69) is 33.9 Å². The van der Waals surface area contributed by atoms with Crippen LogP contribution in [0, 0.1) is 0 Å². The molecule has 2 aromatic rings. The molecule has 0 fully saturated rings. The lowest BCUT2D eigenvalue weighted by Crippen LogP contribution is -2.19. The van der Waals surface area contributed by atoms with Crippen LogP contribution < -0.4 is 4.90 Å². The van der Waals surface area contributed by atoms with Gasteiger partial charge in [0.25, 0.3) is 0 Å². The Kier molecular flexibility index (Phi) is 5.68. The summed E-state index contributed by atoms with van der Waals surface area (Å²) in [5.41, 5.74) is 1.13. The van der Waals surface area contributed by atoms with Crippen LogP contribution in [0.25, 0.3) is 0 Å². The molecule has 20 heavy (non-hydrogen) atoms. The zero-order valence-electron chi connectivity index (χ0n) is 11.7. The zero-order valence-corrected chi connectivity index (χ0v) is 13.3. The lowest BCUT2D eigenvalue weighted by molar-refractivity contribution is 0.772. The van der Waals surface area contributed by atoms with Crippen molar-refractivity contribution in [1.29, 1.82) is 0 Å². The van der Waals surface area contributed by atoms with E-state index in [0.717, 1.165) is 30.9 Å². The molecule has 106 valence electrons. The Balaban J connectivity index is 2.38. The molecule has 3 nitrogen and oxygen atoms in total. The summed E-state index contributed by atoms with van der Waals surface area (Å²) in [7, 11) is 0. The molecular weight excluding hydrogens is 290 g/mol. The average molecular weight is 308 g/mol. The smallest absolute Gasteiger partial charge is 0.190 e. The van der Waals surface area contributed by atoms with Crippen molar-refractivity contribution in [2.45, 2.75) is 24.9 Å². The van der Waals surface area contributed by atoms with Crippen LogP contribution in [0.4, 0.5) is 11.5 Å². The number of para-hydroxylation sites is 1. The van der Waals surface area contributed by atoms with Crippen molar-refractivity contribution in [3.8, 4) is 0 Å². The first-order valence-corrected chi connectivity index (χ1v) is 8.26. The van der Waals surface area contributed by atoms with Gasteiger partial charge in [0.05, 0.1) is 0 Å². The molecule has 1 heterocycles. The minimum absolute atomic E-state index is 0.483. The summed E-state index contributed by atoms with van der Waals surface area (Å²) in [5.74, 6) is 0.856. The molecule has 0 spiro atoms. The van der Waals surface area contributed by atoms with Gasteiger partial charge in [-0.3, -0.25) is 0 Å². The first kappa shape index (κ1) is 15.1. The third-order valence-corrected chi connectivity index (χ3v) is 3.66. The number of benzene rings is 1. The summed E-state index contributed by atoms with van der Waals surface area (Å²) >= 11 is 7.60. The first-order valence-electron chi connectivity index (χ1n) is 6.65. The van der Waals surface area contributed by atoms with Gasteiger partial charge in [-0.15, -0.1) is 0 Å². The molecule has 1 aromatic heterocycles. The highest BCUT2D eigenvalue weighted by Gasteiger charge is 2.12. The third-order valence-electron chi connectivity index (χ3n) is 2.92. The van der Waals surface area contributed by atoms with Crippen molar-refractivity contribution in [3.05, 3.63) is 41.6 Å². The monoisotopic (exact) mass is 307 g/mol. The number of halogens is 1. The average Bonchev–Trinajstić information content (AvgIpc) is 2.48. The fourth-order valence-corrected chi connectivity index (χ4v) is 2.52. The highest BCUT2D eigenvalue weighted by Crippen LogP contribution is 2.27. The van der Waals surface area contributed by atoms with Crippen molar-refractivity contribution < 1.29 is 0 Å². The Hall–Kier alpha value is -1.26. The van der Waals surface area contributed by atoms with Crippen LogP contribution in [0.1, 0.15) is 19.8 Å². The maximum Gasteiger partial charge on any atom is 0.190 e. The molecule has 0 radical (unpaired) electrons. The predicted molar refractivity (Wildman–Crippen MR) is 87.2 cm³/mol. The number of nitrogens with zero attached hydrogens (tertiary/aromatic N) is 3. The molecule has 0 saturated heterocycles. The first-order chi connectivity index (χ1) is 9.74. The second-order valence-corrected chi connectivity index (χ2v) is 5.54. The van der Waals surface area contributed by atoms with Crippen molar-refractivity contribution in [2.24, 2.45) is 0 Å². The Labute approximate surface area is 129 Å². The second kappa shape index (κ2) is 7.50. The number of hydrogen-bond acceptors (Lipinski definition) is 4. The number of unbranched alkanes of at least 4 members (excludes halogenated alkanes) is 1. The molecule has 1 aromatic carbocycles. The maximum atomic E-state index is 6.10. The highest BCUT2D eigenvalue weighted by molar-refractivity contribution is 7.98. The van der Waals surface area contributed by atoms with E-state index in [0.29, 0.717) is 10.3 Å². The fraction of sp³-hybridized carbons (Fsp3) is 0.333. The molecule has 0 saturated carbocycles. The fourth-order valence-electron chi connectivity index (χ4n) is 1.92. The van der Waals surface area contributed by atoms with Gasteiger partial charge in [-0.05, 0) is 24.8 Å². The van der Waals surface area contributed by atoms with Crippen LogP contribution in [0.2, 0.25) is 5.15 Å². The minimum Gasteiger partial charge on any atom is -0.326 e. The lowest BCUT2D eigenvalue weighted by atomic mass is 10.2. The standard InChI is InChI=1S/C15H18ClN3S/c1-3-4-10-19(12-8-6-5-7-9-12)14-11-13(16)17-15(18-14)20-2/h5-9,11H,3-4,10H2,1-2H3. The van der Waals surface area contributed by atoms with Gasteiger partial charge in [-0.25, -0.2) is 9.97 Å². The molecule has 0 bridgehead atoms. The Bertz CT molecular complexity index is 548. The molecule has 0 aliphatic rings. The van der Waals surface area contributed by atoms with E-state index in [1.807, 2.05) is 30.5 Å². The van der Waals surface area contributed by atoms with Crippen LogP contribution in [-0.2, 0) is 0 Å². The summed E-state index contributed by atoms with van der Waals surface area (Å²) in [6, 6.07) is 12.1. The Morgan fingerprint density at radius 3 is 2.60 bits per heavy atom. The van der Waals surface area contributed by atoms with Crippen LogP contribution >= 0.6 is 23.4 Å². The molecule has 0 unspecified atom stereocenters.